The second-order valence-electron chi connectivity index (χ2n) is 8.46. The van der Waals surface area contributed by atoms with Gasteiger partial charge in [-0.3, -0.25) is 9.59 Å². The normalized spacial score (nSPS) is 31.3. The van der Waals surface area contributed by atoms with Crippen LogP contribution in [0.2, 0.25) is 0 Å². The van der Waals surface area contributed by atoms with Crippen molar-refractivity contribution in [2.45, 2.75) is 45.1 Å². The topological polar surface area (TPSA) is 58.2 Å². The fourth-order valence-electron chi connectivity index (χ4n) is 5.77. The van der Waals surface area contributed by atoms with Gasteiger partial charge in [0.15, 0.2) is 0 Å². The first kappa shape index (κ1) is 17.1. The third kappa shape index (κ3) is 3.23. The third-order valence-electron chi connectivity index (χ3n) is 6.54. The number of carbonyl (C=O) groups is 2. The lowest BCUT2D eigenvalue weighted by molar-refractivity contribution is -0.146. The highest BCUT2D eigenvalue weighted by Crippen LogP contribution is 2.60. The lowest BCUT2D eigenvalue weighted by Gasteiger charge is -2.55. The molecule has 4 heteroatoms. The Kier molecular flexibility index (Phi) is 4.48. The molecule has 0 unspecified atom stereocenters. The van der Waals surface area contributed by atoms with E-state index in [1.165, 1.54) is 19.3 Å². The summed E-state index contributed by atoms with van der Waals surface area (Å²) in [6.07, 6.45) is 12.4. The zero-order valence-corrected chi connectivity index (χ0v) is 15.1. The number of carbonyl (C=O) groups excluding carboxylic acids is 2. The van der Waals surface area contributed by atoms with Gasteiger partial charge in [-0.2, -0.15) is 0 Å². The summed E-state index contributed by atoms with van der Waals surface area (Å²) in [6.45, 7) is 0.745. The Hall–Kier alpha value is -2.28. The highest BCUT2D eigenvalue weighted by Gasteiger charge is 2.54. The lowest BCUT2D eigenvalue weighted by atomic mass is 9.49. The van der Waals surface area contributed by atoms with Crippen LogP contribution in [0.3, 0.4) is 0 Å². The van der Waals surface area contributed by atoms with Crippen LogP contribution in [0, 0.1) is 35.5 Å². The molecule has 4 fully saturated rings. The SMILES string of the molecule is C#CCNC(=O)c1ccc(CNC(=O)C23CC4CC(CC(C4)C2)C3)cc1. The maximum Gasteiger partial charge on any atom is 0.252 e. The zero-order chi connectivity index (χ0) is 18.1. The van der Waals surface area contributed by atoms with Crippen molar-refractivity contribution in [3.63, 3.8) is 0 Å². The summed E-state index contributed by atoms with van der Waals surface area (Å²) in [5.41, 5.74) is 1.48. The van der Waals surface area contributed by atoms with Crippen molar-refractivity contribution in [2.75, 3.05) is 6.54 Å². The smallest absolute Gasteiger partial charge is 0.252 e. The average Bonchev–Trinajstić information content (AvgIpc) is 2.63. The van der Waals surface area contributed by atoms with E-state index < -0.39 is 0 Å². The maximum absolute atomic E-state index is 13.0. The number of hydrogen-bond donors (Lipinski definition) is 2. The molecule has 2 N–H and O–H groups in total. The van der Waals surface area contributed by atoms with E-state index in [-0.39, 0.29) is 23.8 Å². The van der Waals surface area contributed by atoms with Crippen molar-refractivity contribution in [1.82, 2.24) is 10.6 Å². The van der Waals surface area contributed by atoms with Crippen LogP contribution in [-0.4, -0.2) is 18.4 Å². The minimum Gasteiger partial charge on any atom is -0.352 e. The minimum atomic E-state index is -0.174. The summed E-state index contributed by atoms with van der Waals surface area (Å²) in [4.78, 5) is 24.8. The quantitative estimate of drug-likeness (QED) is 0.802. The average molecular weight is 350 g/mol. The minimum absolute atomic E-state index is 0.107. The Balaban J connectivity index is 1.35. The molecule has 136 valence electrons. The van der Waals surface area contributed by atoms with E-state index in [2.05, 4.69) is 16.6 Å². The van der Waals surface area contributed by atoms with Crippen LogP contribution in [0.5, 0.6) is 0 Å². The number of terminal acetylenes is 1. The number of rotatable bonds is 5. The predicted octanol–water partition coefficient (Wildman–Crippen LogP) is 2.88. The first-order valence-electron chi connectivity index (χ1n) is 9.67. The molecule has 1 aromatic rings. The van der Waals surface area contributed by atoms with Crippen LogP contribution >= 0.6 is 0 Å². The van der Waals surface area contributed by atoms with Gasteiger partial charge in [0.25, 0.3) is 5.91 Å². The highest BCUT2D eigenvalue weighted by molar-refractivity contribution is 5.94. The fourth-order valence-corrected chi connectivity index (χ4v) is 5.77. The molecule has 26 heavy (non-hydrogen) atoms. The third-order valence-corrected chi connectivity index (χ3v) is 6.54. The molecule has 4 saturated carbocycles. The number of amides is 2. The monoisotopic (exact) mass is 350 g/mol. The van der Waals surface area contributed by atoms with Gasteiger partial charge in [-0.05, 0) is 74.0 Å². The molecule has 0 atom stereocenters. The summed E-state index contributed by atoms with van der Waals surface area (Å²) >= 11 is 0. The van der Waals surface area contributed by atoms with Crippen molar-refractivity contribution < 1.29 is 9.59 Å². The molecular weight excluding hydrogens is 324 g/mol. The van der Waals surface area contributed by atoms with Gasteiger partial charge in [-0.25, -0.2) is 0 Å². The van der Waals surface area contributed by atoms with Gasteiger partial charge in [0, 0.05) is 17.5 Å². The molecule has 4 bridgehead atoms. The van der Waals surface area contributed by atoms with Crippen LogP contribution in [-0.2, 0) is 11.3 Å². The summed E-state index contributed by atoms with van der Waals surface area (Å²) in [7, 11) is 0. The van der Waals surface area contributed by atoms with E-state index in [0.29, 0.717) is 12.1 Å². The standard InChI is InChI=1S/C22H26N2O2/c1-2-7-23-20(25)19-5-3-15(4-6-19)14-24-21(26)22-11-16-8-17(12-22)10-18(9-16)13-22/h1,3-6,16-18H,7-14H2,(H,23,25)(H,24,26). The van der Waals surface area contributed by atoms with Gasteiger partial charge in [0.1, 0.15) is 0 Å². The lowest BCUT2D eigenvalue weighted by Crippen LogP contribution is -2.53. The van der Waals surface area contributed by atoms with Crippen LogP contribution < -0.4 is 10.6 Å². The first-order valence-corrected chi connectivity index (χ1v) is 9.67. The van der Waals surface area contributed by atoms with E-state index in [1.807, 2.05) is 12.1 Å². The molecule has 1 aromatic carbocycles. The van der Waals surface area contributed by atoms with E-state index >= 15 is 0 Å². The number of hydrogen-bond acceptors (Lipinski definition) is 2. The van der Waals surface area contributed by atoms with Gasteiger partial charge in [-0.15, -0.1) is 6.42 Å². The van der Waals surface area contributed by atoms with Gasteiger partial charge >= 0.3 is 0 Å². The van der Waals surface area contributed by atoms with Crippen molar-refractivity contribution in [3.8, 4) is 12.3 Å². The van der Waals surface area contributed by atoms with E-state index in [1.54, 1.807) is 12.1 Å². The van der Waals surface area contributed by atoms with Crippen LogP contribution in [0.4, 0.5) is 0 Å². The molecule has 0 aliphatic heterocycles. The Morgan fingerprint density at radius 1 is 1.00 bits per heavy atom. The van der Waals surface area contributed by atoms with E-state index in [0.717, 1.165) is 42.6 Å². The molecule has 0 heterocycles. The van der Waals surface area contributed by atoms with Crippen molar-refractivity contribution in [1.29, 1.82) is 0 Å². The second-order valence-corrected chi connectivity index (χ2v) is 8.46. The summed E-state index contributed by atoms with van der Waals surface area (Å²) in [5, 5.41) is 5.82. The summed E-state index contributed by atoms with van der Waals surface area (Å²) in [6, 6.07) is 7.34. The van der Waals surface area contributed by atoms with Crippen molar-refractivity contribution >= 4 is 11.8 Å². The van der Waals surface area contributed by atoms with Gasteiger partial charge in [-0.1, -0.05) is 18.1 Å². The van der Waals surface area contributed by atoms with Crippen LogP contribution in [0.15, 0.2) is 24.3 Å². The molecule has 5 rings (SSSR count). The molecule has 4 nitrogen and oxygen atoms in total. The second kappa shape index (κ2) is 6.79. The molecule has 0 saturated heterocycles. The summed E-state index contributed by atoms with van der Waals surface area (Å²) in [5.74, 6) is 4.77. The van der Waals surface area contributed by atoms with Gasteiger partial charge in [0.05, 0.1) is 6.54 Å². The van der Waals surface area contributed by atoms with Gasteiger partial charge in [0.2, 0.25) is 5.91 Å². The molecule has 0 spiro atoms. The number of benzene rings is 1. The van der Waals surface area contributed by atoms with Crippen molar-refractivity contribution in [2.24, 2.45) is 23.2 Å². The largest absolute Gasteiger partial charge is 0.352 e. The molecular formula is C22H26N2O2. The Morgan fingerprint density at radius 2 is 1.58 bits per heavy atom. The molecule has 2 amide bonds. The zero-order valence-electron chi connectivity index (χ0n) is 15.1. The number of nitrogens with one attached hydrogen (secondary N) is 2. The van der Waals surface area contributed by atoms with Crippen LogP contribution in [0.25, 0.3) is 0 Å². The van der Waals surface area contributed by atoms with E-state index in [4.69, 9.17) is 6.42 Å². The molecule has 4 aliphatic rings. The van der Waals surface area contributed by atoms with E-state index in [9.17, 15) is 9.59 Å². The fraction of sp³-hybridized carbons (Fsp3) is 0.545. The first-order chi connectivity index (χ1) is 12.6. The Bertz CT molecular complexity index is 709. The van der Waals surface area contributed by atoms with Crippen LogP contribution in [0.1, 0.15) is 54.4 Å². The Labute approximate surface area is 155 Å². The summed E-state index contributed by atoms with van der Waals surface area (Å²) < 4.78 is 0. The maximum atomic E-state index is 13.0. The predicted molar refractivity (Wildman–Crippen MR) is 100 cm³/mol. The Morgan fingerprint density at radius 3 is 2.12 bits per heavy atom. The highest BCUT2D eigenvalue weighted by atomic mass is 16.2. The van der Waals surface area contributed by atoms with Crippen molar-refractivity contribution in [3.05, 3.63) is 35.4 Å². The molecule has 4 aliphatic carbocycles. The molecule has 0 aromatic heterocycles. The molecule has 0 radical (unpaired) electrons. The van der Waals surface area contributed by atoms with Gasteiger partial charge < -0.3 is 10.6 Å².